The summed E-state index contributed by atoms with van der Waals surface area (Å²) in [6, 6.07) is 3.16. The van der Waals surface area contributed by atoms with Crippen LogP contribution in [-0.4, -0.2) is 5.11 Å². The van der Waals surface area contributed by atoms with Crippen molar-refractivity contribution in [1.82, 2.24) is 0 Å². The quantitative estimate of drug-likeness (QED) is 0.718. The number of benzene rings is 1. The third-order valence-corrected chi connectivity index (χ3v) is 2.07. The lowest BCUT2D eigenvalue weighted by atomic mass is 10.0. The SMILES string of the molecule is Cc1cc(F)c(C)c(CC#N)c1O. The molecule has 0 heterocycles. The first-order chi connectivity index (χ1) is 6.07. The Morgan fingerprint density at radius 3 is 2.69 bits per heavy atom. The summed E-state index contributed by atoms with van der Waals surface area (Å²) >= 11 is 0. The number of hydrogen-bond donors (Lipinski definition) is 1. The van der Waals surface area contributed by atoms with Crippen LogP contribution in [0.5, 0.6) is 5.75 Å². The minimum Gasteiger partial charge on any atom is -0.507 e. The molecule has 68 valence electrons. The molecule has 0 aliphatic heterocycles. The number of nitriles is 1. The predicted molar refractivity (Wildman–Crippen MR) is 46.9 cm³/mol. The number of phenols is 1. The lowest BCUT2D eigenvalue weighted by Crippen LogP contribution is -1.95. The van der Waals surface area contributed by atoms with Crippen molar-refractivity contribution in [2.75, 3.05) is 0 Å². The van der Waals surface area contributed by atoms with Gasteiger partial charge < -0.3 is 5.11 Å². The fraction of sp³-hybridized carbons (Fsp3) is 0.300. The highest BCUT2D eigenvalue weighted by Crippen LogP contribution is 2.27. The third-order valence-electron chi connectivity index (χ3n) is 2.07. The summed E-state index contributed by atoms with van der Waals surface area (Å²) in [5.41, 5.74) is 1.21. The van der Waals surface area contributed by atoms with Crippen LogP contribution >= 0.6 is 0 Å². The number of rotatable bonds is 1. The van der Waals surface area contributed by atoms with Crippen molar-refractivity contribution >= 4 is 0 Å². The minimum absolute atomic E-state index is 0.0282. The third kappa shape index (κ3) is 1.62. The second-order valence-corrected chi connectivity index (χ2v) is 2.96. The van der Waals surface area contributed by atoms with Crippen molar-refractivity contribution < 1.29 is 9.50 Å². The fourth-order valence-electron chi connectivity index (χ4n) is 1.22. The molecule has 2 nitrogen and oxygen atoms in total. The predicted octanol–water partition coefficient (Wildman–Crippen LogP) is 2.21. The van der Waals surface area contributed by atoms with E-state index in [1.54, 1.807) is 13.8 Å². The van der Waals surface area contributed by atoms with Crippen molar-refractivity contribution in [1.29, 1.82) is 5.26 Å². The van der Waals surface area contributed by atoms with E-state index in [-0.39, 0.29) is 18.0 Å². The second-order valence-electron chi connectivity index (χ2n) is 2.96. The summed E-state index contributed by atoms with van der Waals surface area (Å²) in [6.07, 6.45) is 0.0380. The van der Waals surface area contributed by atoms with Crippen LogP contribution in [-0.2, 0) is 6.42 Å². The van der Waals surface area contributed by atoms with Crippen molar-refractivity contribution in [3.8, 4) is 11.8 Å². The van der Waals surface area contributed by atoms with E-state index in [1.165, 1.54) is 6.07 Å². The van der Waals surface area contributed by atoms with E-state index in [1.807, 2.05) is 6.07 Å². The standard InChI is InChI=1S/C10H10FNO/c1-6-5-9(11)7(2)8(3-4-12)10(6)13/h5,13H,3H2,1-2H3. The molecule has 0 aliphatic carbocycles. The number of hydrogen-bond acceptors (Lipinski definition) is 2. The molecule has 0 radical (unpaired) electrons. The summed E-state index contributed by atoms with van der Waals surface area (Å²) in [4.78, 5) is 0. The fourth-order valence-corrected chi connectivity index (χ4v) is 1.22. The number of nitrogens with zero attached hydrogens (tertiary/aromatic N) is 1. The summed E-state index contributed by atoms with van der Waals surface area (Å²) < 4.78 is 13.1. The smallest absolute Gasteiger partial charge is 0.126 e. The van der Waals surface area contributed by atoms with Gasteiger partial charge in [0.25, 0.3) is 0 Å². The van der Waals surface area contributed by atoms with Gasteiger partial charge in [-0.15, -0.1) is 0 Å². The van der Waals surface area contributed by atoms with Gasteiger partial charge in [0, 0.05) is 5.56 Å². The number of aromatic hydroxyl groups is 1. The van der Waals surface area contributed by atoms with Gasteiger partial charge >= 0.3 is 0 Å². The van der Waals surface area contributed by atoms with E-state index in [4.69, 9.17) is 5.26 Å². The first-order valence-corrected chi connectivity index (χ1v) is 3.92. The van der Waals surface area contributed by atoms with Crippen molar-refractivity contribution in [2.24, 2.45) is 0 Å². The highest BCUT2D eigenvalue weighted by molar-refractivity contribution is 5.46. The van der Waals surface area contributed by atoms with Gasteiger partial charge in [0.2, 0.25) is 0 Å². The molecule has 0 aromatic heterocycles. The molecule has 3 heteroatoms. The molecule has 0 saturated carbocycles. The van der Waals surface area contributed by atoms with E-state index in [9.17, 15) is 9.50 Å². The van der Waals surface area contributed by atoms with Crippen LogP contribution in [0.1, 0.15) is 16.7 Å². The molecule has 0 amide bonds. The van der Waals surface area contributed by atoms with Crippen LogP contribution in [0.25, 0.3) is 0 Å². The molecule has 1 rings (SSSR count). The van der Waals surface area contributed by atoms with Gasteiger partial charge in [-0.1, -0.05) is 0 Å². The monoisotopic (exact) mass is 179 g/mol. The first kappa shape index (κ1) is 9.53. The number of halogens is 1. The maximum absolute atomic E-state index is 13.1. The lowest BCUT2D eigenvalue weighted by Gasteiger charge is -2.08. The summed E-state index contributed by atoms with van der Waals surface area (Å²) in [5.74, 6) is -0.346. The average molecular weight is 179 g/mol. The number of aryl methyl sites for hydroxylation is 1. The Bertz CT molecular complexity index is 353. The van der Waals surface area contributed by atoms with Gasteiger partial charge in [-0.25, -0.2) is 4.39 Å². The van der Waals surface area contributed by atoms with Crippen molar-refractivity contribution in [3.05, 3.63) is 28.6 Å². The van der Waals surface area contributed by atoms with Gasteiger partial charge in [0.15, 0.2) is 0 Å². The van der Waals surface area contributed by atoms with Crippen molar-refractivity contribution in [3.63, 3.8) is 0 Å². The highest BCUT2D eigenvalue weighted by Gasteiger charge is 2.11. The molecular weight excluding hydrogens is 169 g/mol. The van der Waals surface area contributed by atoms with E-state index in [2.05, 4.69) is 0 Å². The molecule has 0 unspecified atom stereocenters. The molecule has 0 fully saturated rings. The van der Waals surface area contributed by atoms with Crippen LogP contribution < -0.4 is 0 Å². The van der Waals surface area contributed by atoms with Crippen LogP contribution in [0.2, 0.25) is 0 Å². The Morgan fingerprint density at radius 2 is 2.15 bits per heavy atom. The lowest BCUT2D eigenvalue weighted by molar-refractivity contribution is 0.461. The second kappa shape index (κ2) is 3.44. The Balaban J connectivity index is 3.39. The van der Waals surface area contributed by atoms with E-state index < -0.39 is 0 Å². The van der Waals surface area contributed by atoms with Crippen LogP contribution in [0.3, 0.4) is 0 Å². The summed E-state index contributed by atoms with van der Waals surface area (Å²) in [7, 11) is 0. The Morgan fingerprint density at radius 1 is 1.54 bits per heavy atom. The largest absolute Gasteiger partial charge is 0.507 e. The Labute approximate surface area is 76.2 Å². The zero-order valence-electron chi connectivity index (χ0n) is 7.56. The normalized spacial score (nSPS) is 9.69. The molecular formula is C10H10FNO. The molecule has 1 aromatic carbocycles. The maximum atomic E-state index is 13.1. The van der Waals surface area contributed by atoms with Gasteiger partial charge in [-0.05, 0) is 31.0 Å². The molecule has 13 heavy (non-hydrogen) atoms. The first-order valence-electron chi connectivity index (χ1n) is 3.92. The van der Waals surface area contributed by atoms with Crippen molar-refractivity contribution in [2.45, 2.75) is 20.3 Å². The summed E-state index contributed by atoms with van der Waals surface area (Å²) in [6.45, 7) is 3.17. The Hall–Kier alpha value is -1.56. The van der Waals surface area contributed by atoms with E-state index >= 15 is 0 Å². The molecule has 0 atom stereocenters. The zero-order chi connectivity index (χ0) is 10.0. The minimum atomic E-state index is -0.374. The van der Waals surface area contributed by atoms with E-state index in [0.717, 1.165) is 0 Å². The average Bonchev–Trinajstić information content (AvgIpc) is 2.09. The molecule has 1 aromatic rings. The van der Waals surface area contributed by atoms with Crippen LogP contribution in [0.4, 0.5) is 4.39 Å². The van der Waals surface area contributed by atoms with Gasteiger partial charge in [0.05, 0.1) is 12.5 Å². The van der Waals surface area contributed by atoms with Gasteiger partial charge in [-0.3, -0.25) is 0 Å². The zero-order valence-corrected chi connectivity index (χ0v) is 7.56. The maximum Gasteiger partial charge on any atom is 0.126 e. The van der Waals surface area contributed by atoms with Crippen LogP contribution in [0, 0.1) is 31.0 Å². The molecule has 1 N–H and O–H groups in total. The molecule has 0 aliphatic rings. The topological polar surface area (TPSA) is 44.0 Å². The molecule has 0 saturated heterocycles. The summed E-state index contributed by atoms with van der Waals surface area (Å²) in [5, 5.41) is 18.0. The van der Waals surface area contributed by atoms with Gasteiger partial charge in [-0.2, -0.15) is 5.26 Å². The Kier molecular flexibility index (Phi) is 2.52. The van der Waals surface area contributed by atoms with Crippen LogP contribution in [0.15, 0.2) is 6.07 Å². The highest BCUT2D eigenvalue weighted by atomic mass is 19.1. The molecule has 0 bridgehead atoms. The van der Waals surface area contributed by atoms with Gasteiger partial charge in [0.1, 0.15) is 11.6 Å². The van der Waals surface area contributed by atoms with E-state index in [0.29, 0.717) is 16.7 Å². The number of phenolic OH excluding ortho intramolecular Hbond substituents is 1. The molecule has 0 spiro atoms.